The van der Waals surface area contributed by atoms with E-state index in [1.807, 2.05) is 29.3 Å². The molecule has 1 aromatic carbocycles. The van der Waals surface area contributed by atoms with Gasteiger partial charge in [0.05, 0.1) is 12.2 Å². The number of likely N-dealkylation sites (tertiary alicyclic amines) is 1. The quantitative estimate of drug-likeness (QED) is 0.798. The molecule has 2 aromatic rings. The number of aromatic nitrogens is 2. The predicted octanol–water partition coefficient (Wildman–Crippen LogP) is 2.67. The van der Waals surface area contributed by atoms with Crippen LogP contribution >= 0.6 is 0 Å². The number of urea groups is 1. The van der Waals surface area contributed by atoms with Gasteiger partial charge in [-0.1, -0.05) is 18.2 Å². The zero-order chi connectivity index (χ0) is 17.6. The molecule has 0 bridgehead atoms. The normalized spacial score (nSPS) is 18.4. The Morgan fingerprint density at radius 1 is 1.28 bits per heavy atom. The molecule has 25 heavy (non-hydrogen) atoms. The molecule has 0 radical (unpaired) electrons. The minimum Gasteiger partial charge on any atom is -0.334 e. The van der Waals surface area contributed by atoms with Crippen LogP contribution in [0.4, 0.5) is 10.5 Å². The lowest BCUT2D eigenvalue weighted by atomic mass is 9.97. The van der Waals surface area contributed by atoms with Crippen LogP contribution in [0.2, 0.25) is 0 Å². The molecule has 3 amide bonds. The summed E-state index contributed by atoms with van der Waals surface area (Å²) >= 11 is 0. The predicted molar refractivity (Wildman–Crippen MR) is 95.0 cm³/mol. The number of para-hydroxylation sites is 1. The SMILES string of the molecule is CC(NC(=O)Nc1ccccc1)C(=O)N1CCCCC1c1cn[nH]c1. The van der Waals surface area contributed by atoms with Crippen LogP contribution in [-0.2, 0) is 4.79 Å². The van der Waals surface area contributed by atoms with Crippen molar-refractivity contribution >= 4 is 17.6 Å². The largest absolute Gasteiger partial charge is 0.334 e. The number of aromatic amines is 1. The summed E-state index contributed by atoms with van der Waals surface area (Å²) in [6.07, 6.45) is 6.56. The lowest BCUT2D eigenvalue weighted by molar-refractivity contribution is -0.136. The number of hydrogen-bond donors (Lipinski definition) is 3. The zero-order valence-corrected chi connectivity index (χ0v) is 14.2. The van der Waals surface area contributed by atoms with Crippen LogP contribution in [0.5, 0.6) is 0 Å². The average molecular weight is 341 g/mol. The second-order valence-electron chi connectivity index (χ2n) is 6.26. The number of H-pyrrole nitrogens is 1. The molecule has 2 heterocycles. The fourth-order valence-corrected chi connectivity index (χ4v) is 3.18. The van der Waals surface area contributed by atoms with E-state index in [-0.39, 0.29) is 18.0 Å². The Labute approximate surface area is 146 Å². The van der Waals surface area contributed by atoms with Gasteiger partial charge in [0.1, 0.15) is 6.04 Å². The summed E-state index contributed by atoms with van der Waals surface area (Å²) in [6, 6.07) is 8.18. The third kappa shape index (κ3) is 4.17. The van der Waals surface area contributed by atoms with Crippen molar-refractivity contribution < 1.29 is 9.59 Å². The summed E-state index contributed by atoms with van der Waals surface area (Å²) in [4.78, 5) is 26.8. The van der Waals surface area contributed by atoms with Gasteiger partial charge in [-0.15, -0.1) is 0 Å². The molecular formula is C18H23N5O2. The number of carbonyl (C=O) groups is 2. The molecule has 3 N–H and O–H groups in total. The van der Waals surface area contributed by atoms with Crippen molar-refractivity contribution in [2.75, 3.05) is 11.9 Å². The Bertz CT molecular complexity index is 702. The van der Waals surface area contributed by atoms with Gasteiger partial charge in [-0.05, 0) is 38.3 Å². The minimum absolute atomic E-state index is 0.0152. The minimum atomic E-state index is -0.601. The molecule has 1 aliphatic heterocycles. The number of rotatable bonds is 4. The van der Waals surface area contributed by atoms with Crippen LogP contribution < -0.4 is 10.6 Å². The van der Waals surface area contributed by atoms with Crippen LogP contribution in [0.1, 0.15) is 37.8 Å². The molecule has 2 atom stereocenters. The smallest absolute Gasteiger partial charge is 0.319 e. The van der Waals surface area contributed by atoms with Crippen LogP contribution in [0, 0.1) is 0 Å². The van der Waals surface area contributed by atoms with Crippen molar-refractivity contribution in [1.29, 1.82) is 0 Å². The van der Waals surface area contributed by atoms with E-state index in [0.29, 0.717) is 12.2 Å². The maximum absolute atomic E-state index is 12.8. The van der Waals surface area contributed by atoms with E-state index in [4.69, 9.17) is 0 Å². The molecule has 0 aliphatic carbocycles. The molecular weight excluding hydrogens is 318 g/mol. The number of hydrogen-bond acceptors (Lipinski definition) is 3. The van der Waals surface area contributed by atoms with E-state index in [2.05, 4.69) is 20.8 Å². The van der Waals surface area contributed by atoms with E-state index in [0.717, 1.165) is 24.8 Å². The van der Waals surface area contributed by atoms with Crippen molar-refractivity contribution in [2.24, 2.45) is 0 Å². The number of amides is 3. The van der Waals surface area contributed by atoms with Crippen molar-refractivity contribution in [3.8, 4) is 0 Å². The van der Waals surface area contributed by atoms with Gasteiger partial charge in [-0.25, -0.2) is 4.79 Å². The van der Waals surface area contributed by atoms with Crippen molar-refractivity contribution in [3.63, 3.8) is 0 Å². The summed E-state index contributed by atoms with van der Waals surface area (Å²) in [5.74, 6) is -0.0749. The van der Waals surface area contributed by atoms with Crippen molar-refractivity contribution in [2.45, 2.75) is 38.3 Å². The van der Waals surface area contributed by atoms with Gasteiger partial charge in [-0.3, -0.25) is 9.89 Å². The highest BCUT2D eigenvalue weighted by Crippen LogP contribution is 2.30. The van der Waals surface area contributed by atoms with Gasteiger partial charge >= 0.3 is 6.03 Å². The maximum atomic E-state index is 12.8. The molecule has 0 saturated carbocycles. The molecule has 1 fully saturated rings. The number of carbonyl (C=O) groups excluding carboxylic acids is 2. The first-order valence-corrected chi connectivity index (χ1v) is 8.57. The van der Waals surface area contributed by atoms with E-state index < -0.39 is 6.04 Å². The summed E-state index contributed by atoms with van der Waals surface area (Å²) in [7, 11) is 0. The lowest BCUT2D eigenvalue weighted by Gasteiger charge is -2.37. The number of piperidine rings is 1. The number of nitrogens with zero attached hydrogens (tertiary/aromatic N) is 2. The summed E-state index contributed by atoms with van der Waals surface area (Å²) in [5, 5.41) is 12.3. The second-order valence-corrected chi connectivity index (χ2v) is 6.26. The van der Waals surface area contributed by atoms with Crippen LogP contribution in [0.15, 0.2) is 42.7 Å². The highest BCUT2D eigenvalue weighted by atomic mass is 16.2. The molecule has 3 rings (SSSR count). The van der Waals surface area contributed by atoms with Gasteiger partial charge in [0.15, 0.2) is 0 Å². The van der Waals surface area contributed by atoms with Crippen LogP contribution in [0.25, 0.3) is 0 Å². The Morgan fingerprint density at radius 3 is 2.80 bits per heavy atom. The van der Waals surface area contributed by atoms with Gasteiger partial charge < -0.3 is 15.5 Å². The fraction of sp³-hybridized carbons (Fsp3) is 0.389. The number of anilines is 1. The molecule has 1 saturated heterocycles. The van der Waals surface area contributed by atoms with E-state index in [9.17, 15) is 9.59 Å². The molecule has 2 unspecified atom stereocenters. The summed E-state index contributed by atoms with van der Waals surface area (Å²) in [6.45, 7) is 2.41. The Morgan fingerprint density at radius 2 is 2.08 bits per heavy atom. The summed E-state index contributed by atoms with van der Waals surface area (Å²) < 4.78 is 0. The number of nitrogens with one attached hydrogen (secondary N) is 3. The maximum Gasteiger partial charge on any atom is 0.319 e. The third-order valence-electron chi connectivity index (χ3n) is 4.44. The average Bonchev–Trinajstić information content (AvgIpc) is 3.16. The Balaban J connectivity index is 1.61. The molecule has 1 aromatic heterocycles. The molecule has 132 valence electrons. The molecule has 7 nitrogen and oxygen atoms in total. The first kappa shape index (κ1) is 17.0. The van der Waals surface area contributed by atoms with E-state index >= 15 is 0 Å². The van der Waals surface area contributed by atoms with Gasteiger partial charge in [0.2, 0.25) is 5.91 Å². The monoisotopic (exact) mass is 341 g/mol. The Kier molecular flexibility index (Phi) is 5.33. The number of benzene rings is 1. The van der Waals surface area contributed by atoms with Gasteiger partial charge in [-0.2, -0.15) is 5.10 Å². The Hall–Kier alpha value is -2.83. The van der Waals surface area contributed by atoms with Gasteiger partial charge in [0.25, 0.3) is 0 Å². The molecule has 1 aliphatic rings. The highest BCUT2D eigenvalue weighted by molar-refractivity contribution is 5.93. The van der Waals surface area contributed by atoms with Crippen LogP contribution in [0.3, 0.4) is 0 Å². The van der Waals surface area contributed by atoms with E-state index in [1.54, 1.807) is 25.3 Å². The summed E-state index contributed by atoms with van der Waals surface area (Å²) in [5.41, 5.74) is 1.70. The molecule has 7 heteroatoms. The highest BCUT2D eigenvalue weighted by Gasteiger charge is 2.31. The topological polar surface area (TPSA) is 90.1 Å². The third-order valence-corrected chi connectivity index (χ3v) is 4.44. The van der Waals surface area contributed by atoms with E-state index in [1.165, 1.54) is 0 Å². The molecule has 0 spiro atoms. The fourth-order valence-electron chi connectivity index (χ4n) is 3.18. The van der Waals surface area contributed by atoms with Crippen LogP contribution in [-0.4, -0.2) is 39.6 Å². The van der Waals surface area contributed by atoms with Gasteiger partial charge in [0, 0.05) is 24.0 Å². The zero-order valence-electron chi connectivity index (χ0n) is 14.2. The van der Waals surface area contributed by atoms with Crippen molar-refractivity contribution in [3.05, 3.63) is 48.3 Å². The van der Waals surface area contributed by atoms with Crippen molar-refractivity contribution in [1.82, 2.24) is 20.4 Å². The first-order chi connectivity index (χ1) is 12.1. The standard InChI is InChI=1S/C18H23N5O2/c1-13(21-18(25)22-15-7-3-2-4-8-15)17(24)23-10-6-5-9-16(23)14-11-19-20-12-14/h2-4,7-8,11-13,16H,5-6,9-10H2,1H3,(H,19,20)(H2,21,22,25). The lowest BCUT2D eigenvalue weighted by Crippen LogP contribution is -2.50. The first-order valence-electron chi connectivity index (χ1n) is 8.57. The second kappa shape index (κ2) is 7.83.